The maximum absolute atomic E-state index is 12.7. The van der Waals surface area contributed by atoms with Crippen LogP contribution >= 0.6 is 11.6 Å². The summed E-state index contributed by atoms with van der Waals surface area (Å²) in [5, 5.41) is 2.65. The molecule has 2 aliphatic heterocycles. The summed E-state index contributed by atoms with van der Waals surface area (Å²) < 4.78 is 42.2. The van der Waals surface area contributed by atoms with E-state index in [-0.39, 0.29) is 28.0 Å². The monoisotopic (exact) mass is 466 g/mol. The SMILES string of the molecule is O=C(COC(=O)c1ccc2c(c1)OCO2)Nc1cc(S(=O)(=O)N2CCCC2)ccc1Cl. The van der Waals surface area contributed by atoms with Gasteiger partial charge in [-0.25, -0.2) is 13.2 Å². The van der Waals surface area contributed by atoms with E-state index in [1.807, 2.05) is 0 Å². The van der Waals surface area contributed by atoms with Gasteiger partial charge in [0.15, 0.2) is 18.1 Å². The van der Waals surface area contributed by atoms with E-state index in [0.717, 1.165) is 12.8 Å². The number of carbonyl (C=O) groups excluding carboxylic acids is 2. The fourth-order valence-corrected chi connectivity index (χ4v) is 4.97. The molecule has 1 amide bonds. The molecular formula is C20H19ClN2O7S. The van der Waals surface area contributed by atoms with Crippen molar-refractivity contribution in [3.63, 3.8) is 0 Å². The Morgan fingerprint density at radius 3 is 2.58 bits per heavy atom. The van der Waals surface area contributed by atoms with Crippen LogP contribution in [0.15, 0.2) is 41.3 Å². The molecule has 31 heavy (non-hydrogen) atoms. The summed E-state index contributed by atoms with van der Waals surface area (Å²) >= 11 is 6.11. The molecule has 0 aromatic heterocycles. The van der Waals surface area contributed by atoms with E-state index < -0.39 is 28.5 Å². The topological polar surface area (TPSA) is 111 Å². The Hall–Kier alpha value is -2.82. The fourth-order valence-electron chi connectivity index (χ4n) is 3.26. The average Bonchev–Trinajstić information content (AvgIpc) is 3.45. The molecule has 0 aliphatic carbocycles. The number of sulfonamides is 1. The zero-order valence-electron chi connectivity index (χ0n) is 16.3. The Balaban J connectivity index is 1.39. The predicted octanol–water partition coefficient (Wildman–Crippen LogP) is 2.65. The molecule has 164 valence electrons. The van der Waals surface area contributed by atoms with Crippen LogP contribution in [0.3, 0.4) is 0 Å². The summed E-state index contributed by atoms with van der Waals surface area (Å²) in [6, 6.07) is 8.63. The molecule has 0 bridgehead atoms. The Labute approximate surface area is 183 Å². The maximum Gasteiger partial charge on any atom is 0.338 e. The van der Waals surface area contributed by atoms with Crippen molar-refractivity contribution in [1.29, 1.82) is 0 Å². The van der Waals surface area contributed by atoms with Gasteiger partial charge in [0.2, 0.25) is 16.8 Å². The van der Waals surface area contributed by atoms with Crippen LogP contribution < -0.4 is 14.8 Å². The Bertz CT molecular complexity index is 1130. The standard InChI is InChI=1S/C20H19ClN2O7S/c21-15-5-4-14(31(26,27)23-7-1-2-8-23)10-16(15)22-19(24)11-28-20(25)13-3-6-17-18(9-13)30-12-29-17/h3-6,9-10H,1-2,7-8,11-12H2,(H,22,24). The number of benzene rings is 2. The van der Waals surface area contributed by atoms with Crippen molar-refractivity contribution in [1.82, 2.24) is 4.31 Å². The van der Waals surface area contributed by atoms with Crippen molar-refractivity contribution in [2.75, 3.05) is 31.8 Å². The van der Waals surface area contributed by atoms with Crippen molar-refractivity contribution in [3.05, 3.63) is 47.0 Å². The van der Waals surface area contributed by atoms with Crippen molar-refractivity contribution in [2.24, 2.45) is 0 Å². The lowest BCUT2D eigenvalue weighted by Crippen LogP contribution is -2.28. The third kappa shape index (κ3) is 4.60. The first-order chi connectivity index (χ1) is 14.8. The third-order valence-corrected chi connectivity index (χ3v) is 7.08. The minimum absolute atomic E-state index is 0.0338. The van der Waals surface area contributed by atoms with E-state index in [1.54, 1.807) is 6.07 Å². The highest BCUT2D eigenvalue weighted by Crippen LogP contribution is 2.32. The van der Waals surface area contributed by atoms with Crippen LogP contribution in [-0.2, 0) is 19.6 Å². The zero-order valence-corrected chi connectivity index (χ0v) is 17.9. The molecule has 0 saturated carbocycles. The van der Waals surface area contributed by atoms with E-state index >= 15 is 0 Å². The smallest absolute Gasteiger partial charge is 0.338 e. The molecule has 1 N–H and O–H groups in total. The second-order valence-corrected chi connectivity index (χ2v) is 9.29. The summed E-state index contributed by atoms with van der Waals surface area (Å²) in [5.41, 5.74) is 0.319. The third-order valence-electron chi connectivity index (χ3n) is 4.86. The summed E-state index contributed by atoms with van der Waals surface area (Å²) in [6.45, 7) is 0.418. The zero-order chi connectivity index (χ0) is 22.0. The van der Waals surface area contributed by atoms with Gasteiger partial charge in [-0.2, -0.15) is 4.31 Å². The molecule has 2 aliphatic rings. The number of amides is 1. The van der Waals surface area contributed by atoms with Crippen LogP contribution in [0.5, 0.6) is 11.5 Å². The number of nitrogens with zero attached hydrogens (tertiary/aromatic N) is 1. The molecule has 2 aromatic rings. The predicted molar refractivity (Wildman–Crippen MR) is 111 cm³/mol. The lowest BCUT2D eigenvalue weighted by Gasteiger charge is -2.16. The number of carbonyl (C=O) groups is 2. The van der Waals surface area contributed by atoms with E-state index in [4.69, 9.17) is 25.8 Å². The van der Waals surface area contributed by atoms with Crippen molar-refractivity contribution >= 4 is 39.2 Å². The summed E-state index contributed by atoms with van der Waals surface area (Å²) in [5.74, 6) is -0.439. The molecule has 2 heterocycles. The Morgan fingerprint density at radius 2 is 1.81 bits per heavy atom. The van der Waals surface area contributed by atoms with Gasteiger partial charge in [-0.3, -0.25) is 4.79 Å². The van der Waals surface area contributed by atoms with E-state index in [1.165, 1.54) is 34.6 Å². The molecular weight excluding hydrogens is 448 g/mol. The highest BCUT2D eigenvalue weighted by molar-refractivity contribution is 7.89. The number of halogens is 1. The second-order valence-electron chi connectivity index (χ2n) is 6.95. The Morgan fingerprint density at radius 1 is 1.06 bits per heavy atom. The quantitative estimate of drug-likeness (QED) is 0.651. The van der Waals surface area contributed by atoms with Crippen LogP contribution in [0, 0.1) is 0 Å². The average molecular weight is 467 g/mol. The highest BCUT2D eigenvalue weighted by atomic mass is 35.5. The van der Waals surface area contributed by atoms with Gasteiger partial charge in [0.05, 0.1) is 21.2 Å². The van der Waals surface area contributed by atoms with Gasteiger partial charge in [0, 0.05) is 13.1 Å². The van der Waals surface area contributed by atoms with Gasteiger partial charge in [0.1, 0.15) is 0 Å². The summed E-state index contributed by atoms with van der Waals surface area (Å²) in [6.07, 6.45) is 1.62. The van der Waals surface area contributed by atoms with Gasteiger partial charge in [-0.1, -0.05) is 11.6 Å². The number of hydrogen-bond donors (Lipinski definition) is 1. The summed E-state index contributed by atoms with van der Waals surface area (Å²) in [7, 11) is -3.66. The molecule has 1 saturated heterocycles. The summed E-state index contributed by atoms with van der Waals surface area (Å²) in [4.78, 5) is 24.5. The van der Waals surface area contributed by atoms with Crippen LogP contribution in [0.25, 0.3) is 0 Å². The Kier molecular flexibility index (Phi) is 6.03. The second kappa shape index (κ2) is 8.74. The highest BCUT2D eigenvalue weighted by Gasteiger charge is 2.28. The molecule has 0 spiro atoms. The molecule has 1 fully saturated rings. The van der Waals surface area contributed by atoms with Crippen molar-refractivity contribution in [2.45, 2.75) is 17.7 Å². The van der Waals surface area contributed by atoms with Gasteiger partial charge >= 0.3 is 5.97 Å². The molecule has 0 radical (unpaired) electrons. The van der Waals surface area contributed by atoms with Gasteiger partial charge in [0.25, 0.3) is 5.91 Å². The van der Waals surface area contributed by atoms with Crippen LogP contribution in [0.2, 0.25) is 5.02 Å². The maximum atomic E-state index is 12.7. The number of ether oxygens (including phenoxy) is 3. The van der Waals surface area contributed by atoms with Crippen molar-refractivity contribution in [3.8, 4) is 11.5 Å². The molecule has 4 rings (SSSR count). The molecule has 9 nitrogen and oxygen atoms in total. The van der Waals surface area contributed by atoms with Crippen LogP contribution in [0.4, 0.5) is 5.69 Å². The van der Waals surface area contributed by atoms with Gasteiger partial charge in [-0.05, 0) is 49.2 Å². The first-order valence-electron chi connectivity index (χ1n) is 9.51. The largest absolute Gasteiger partial charge is 0.454 e. The lowest BCUT2D eigenvalue weighted by atomic mass is 10.2. The number of anilines is 1. The van der Waals surface area contributed by atoms with Gasteiger partial charge in [-0.15, -0.1) is 0 Å². The van der Waals surface area contributed by atoms with Crippen LogP contribution in [-0.4, -0.2) is 51.1 Å². The minimum atomic E-state index is -3.66. The normalized spacial score (nSPS) is 15.6. The first kappa shape index (κ1) is 21.4. The molecule has 2 aromatic carbocycles. The molecule has 0 atom stereocenters. The number of fused-ring (bicyclic) bond motifs is 1. The fraction of sp³-hybridized carbons (Fsp3) is 0.300. The first-order valence-corrected chi connectivity index (χ1v) is 11.3. The number of rotatable bonds is 6. The van der Waals surface area contributed by atoms with Gasteiger partial charge < -0.3 is 19.5 Å². The number of esters is 1. The van der Waals surface area contributed by atoms with Crippen molar-refractivity contribution < 1.29 is 32.2 Å². The van der Waals surface area contributed by atoms with Crippen LogP contribution in [0.1, 0.15) is 23.2 Å². The van der Waals surface area contributed by atoms with E-state index in [2.05, 4.69) is 5.32 Å². The molecule has 0 unspecified atom stereocenters. The number of nitrogens with one attached hydrogen (secondary N) is 1. The lowest BCUT2D eigenvalue weighted by molar-refractivity contribution is -0.119. The van der Waals surface area contributed by atoms with E-state index in [0.29, 0.717) is 24.6 Å². The number of hydrogen-bond acceptors (Lipinski definition) is 7. The molecule has 11 heteroatoms. The minimum Gasteiger partial charge on any atom is -0.454 e. The van der Waals surface area contributed by atoms with E-state index in [9.17, 15) is 18.0 Å².